The molecule has 0 unspecified atom stereocenters. The molecule has 16 heavy (non-hydrogen) atoms. The topological polar surface area (TPSA) is 17.1 Å². The van der Waals surface area contributed by atoms with Crippen molar-refractivity contribution < 1.29 is 4.79 Å². The van der Waals surface area contributed by atoms with Crippen molar-refractivity contribution in [2.24, 2.45) is 28.6 Å². The smallest absolute Gasteiger partial charge is 0.146 e. The van der Waals surface area contributed by atoms with Crippen molar-refractivity contribution >= 4 is 5.78 Å². The molecule has 2 saturated carbocycles. The van der Waals surface area contributed by atoms with E-state index >= 15 is 0 Å². The van der Waals surface area contributed by atoms with Crippen LogP contribution in [0, 0.1) is 28.6 Å². The first-order valence-electron chi connectivity index (χ1n) is 6.64. The summed E-state index contributed by atoms with van der Waals surface area (Å²) in [4.78, 5) is 12.8. The van der Waals surface area contributed by atoms with Crippen LogP contribution in [0.3, 0.4) is 0 Å². The summed E-state index contributed by atoms with van der Waals surface area (Å²) in [6, 6.07) is 0. The highest BCUT2D eigenvalue weighted by atomic mass is 16.1. The Morgan fingerprint density at radius 3 is 2.69 bits per heavy atom. The third-order valence-corrected chi connectivity index (χ3v) is 5.65. The molecule has 1 spiro atoms. The molecule has 0 aliphatic heterocycles. The van der Waals surface area contributed by atoms with E-state index < -0.39 is 0 Å². The van der Waals surface area contributed by atoms with Gasteiger partial charge < -0.3 is 0 Å². The van der Waals surface area contributed by atoms with E-state index in [-0.39, 0.29) is 10.8 Å². The number of carbonyl (C=O) groups is 1. The Bertz CT molecular complexity index is 390. The molecule has 88 valence electrons. The molecular formula is C15H22O. The van der Waals surface area contributed by atoms with Gasteiger partial charge in [-0.25, -0.2) is 0 Å². The van der Waals surface area contributed by atoms with Crippen molar-refractivity contribution in [2.45, 2.75) is 47.0 Å². The summed E-state index contributed by atoms with van der Waals surface area (Å²) in [5.41, 5.74) is 1.42. The minimum Gasteiger partial charge on any atom is -0.298 e. The van der Waals surface area contributed by atoms with E-state index in [4.69, 9.17) is 0 Å². The van der Waals surface area contributed by atoms with Gasteiger partial charge in [0.05, 0.1) is 0 Å². The van der Waals surface area contributed by atoms with Crippen molar-refractivity contribution in [2.75, 3.05) is 0 Å². The minimum absolute atomic E-state index is 0.00752. The Labute approximate surface area is 98.3 Å². The summed E-state index contributed by atoms with van der Waals surface area (Å²) in [7, 11) is 0. The fraction of sp³-hybridized carbons (Fsp3) is 0.800. The summed E-state index contributed by atoms with van der Waals surface area (Å²) in [5, 5.41) is 0. The van der Waals surface area contributed by atoms with E-state index in [1.165, 1.54) is 18.4 Å². The molecule has 4 atom stereocenters. The summed E-state index contributed by atoms with van der Waals surface area (Å²) in [6.45, 7) is 8.84. The zero-order valence-electron chi connectivity index (χ0n) is 10.8. The molecule has 0 N–H and O–H groups in total. The van der Waals surface area contributed by atoms with Gasteiger partial charge in [0.2, 0.25) is 0 Å². The zero-order chi connectivity index (χ0) is 11.7. The second-order valence-corrected chi connectivity index (χ2v) is 6.90. The minimum atomic E-state index is -0.0846. The molecule has 3 aliphatic rings. The van der Waals surface area contributed by atoms with Crippen molar-refractivity contribution in [3.8, 4) is 0 Å². The number of rotatable bonds is 0. The number of ketones is 1. The number of carbonyl (C=O) groups excluding carboxylic acids is 1. The second kappa shape index (κ2) is 2.80. The van der Waals surface area contributed by atoms with Crippen LogP contribution in [-0.2, 0) is 4.79 Å². The highest BCUT2D eigenvalue weighted by Gasteiger charge is 2.67. The van der Waals surface area contributed by atoms with Crippen LogP contribution in [0.5, 0.6) is 0 Å². The maximum absolute atomic E-state index is 12.8. The van der Waals surface area contributed by atoms with Gasteiger partial charge in [-0.3, -0.25) is 4.79 Å². The van der Waals surface area contributed by atoms with Gasteiger partial charge in [-0.1, -0.05) is 32.4 Å². The molecule has 0 aromatic carbocycles. The Kier molecular flexibility index (Phi) is 1.85. The molecule has 0 radical (unpaired) electrons. The SMILES string of the molecule is CC1=C[C@@H]2CC(C)(C)C(=O)[C@@]23[C@H](C)CC[C@@H]13. The Morgan fingerprint density at radius 2 is 2.00 bits per heavy atom. The van der Waals surface area contributed by atoms with Gasteiger partial charge in [0.1, 0.15) is 5.78 Å². The zero-order valence-corrected chi connectivity index (χ0v) is 10.8. The lowest BCUT2D eigenvalue weighted by molar-refractivity contribution is -0.136. The highest BCUT2D eigenvalue weighted by molar-refractivity contribution is 5.94. The van der Waals surface area contributed by atoms with Crippen LogP contribution >= 0.6 is 0 Å². The van der Waals surface area contributed by atoms with E-state index in [0.29, 0.717) is 23.5 Å². The van der Waals surface area contributed by atoms with Gasteiger partial charge in [-0.2, -0.15) is 0 Å². The molecule has 0 saturated heterocycles. The fourth-order valence-corrected chi connectivity index (χ4v) is 5.04. The molecule has 0 aromatic heterocycles. The average Bonchev–Trinajstić information content (AvgIpc) is 2.71. The quantitative estimate of drug-likeness (QED) is 0.568. The van der Waals surface area contributed by atoms with Crippen molar-refractivity contribution in [1.82, 2.24) is 0 Å². The molecule has 0 amide bonds. The Hall–Kier alpha value is -0.590. The molecule has 1 heteroatoms. The molecule has 1 nitrogen and oxygen atoms in total. The number of hydrogen-bond donors (Lipinski definition) is 0. The average molecular weight is 218 g/mol. The van der Waals surface area contributed by atoms with Gasteiger partial charge in [0, 0.05) is 10.8 Å². The second-order valence-electron chi connectivity index (χ2n) is 6.90. The largest absolute Gasteiger partial charge is 0.298 e. The van der Waals surface area contributed by atoms with Crippen molar-refractivity contribution in [3.05, 3.63) is 11.6 Å². The molecule has 2 fully saturated rings. The van der Waals surface area contributed by atoms with Gasteiger partial charge in [-0.05, 0) is 43.9 Å². The van der Waals surface area contributed by atoms with E-state index in [0.717, 1.165) is 6.42 Å². The molecular weight excluding hydrogens is 196 g/mol. The van der Waals surface area contributed by atoms with Gasteiger partial charge >= 0.3 is 0 Å². The van der Waals surface area contributed by atoms with Crippen LogP contribution in [0.1, 0.15) is 47.0 Å². The van der Waals surface area contributed by atoms with Crippen LogP contribution in [0.4, 0.5) is 0 Å². The lowest BCUT2D eigenvalue weighted by atomic mass is 9.66. The van der Waals surface area contributed by atoms with Crippen molar-refractivity contribution in [1.29, 1.82) is 0 Å². The first-order valence-corrected chi connectivity index (χ1v) is 6.64. The summed E-state index contributed by atoms with van der Waals surface area (Å²) in [5.74, 6) is 2.26. The Morgan fingerprint density at radius 1 is 1.31 bits per heavy atom. The molecule has 3 aliphatic carbocycles. The molecule has 0 bridgehead atoms. The Balaban J connectivity index is 2.16. The number of allylic oxidation sites excluding steroid dienone is 2. The van der Waals surface area contributed by atoms with Gasteiger partial charge in [-0.15, -0.1) is 0 Å². The van der Waals surface area contributed by atoms with Crippen LogP contribution in [0.2, 0.25) is 0 Å². The normalized spacial score (nSPS) is 49.1. The predicted molar refractivity (Wildman–Crippen MR) is 65.0 cm³/mol. The highest BCUT2D eigenvalue weighted by Crippen LogP contribution is 2.68. The maximum atomic E-state index is 12.8. The third kappa shape index (κ3) is 0.919. The predicted octanol–water partition coefficient (Wildman–Crippen LogP) is 3.59. The van der Waals surface area contributed by atoms with Crippen LogP contribution in [0.25, 0.3) is 0 Å². The van der Waals surface area contributed by atoms with Crippen LogP contribution in [0.15, 0.2) is 11.6 Å². The van der Waals surface area contributed by atoms with Gasteiger partial charge in [0.15, 0.2) is 0 Å². The van der Waals surface area contributed by atoms with Crippen LogP contribution < -0.4 is 0 Å². The van der Waals surface area contributed by atoms with E-state index in [1.54, 1.807) is 0 Å². The molecule has 0 heterocycles. The first kappa shape index (κ1) is 10.6. The summed E-state index contributed by atoms with van der Waals surface area (Å²) < 4.78 is 0. The fourth-order valence-electron chi connectivity index (χ4n) is 5.04. The lowest BCUT2D eigenvalue weighted by Gasteiger charge is -2.34. The number of Topliss-reactive ketones (excluding diaryl/α,β-unsaturated/α-hetero) is 1. The van der Waals surface area contributed by atoms with E-state index in [2.05, 4.69) is 33.8 Å². The monoisotopic (exact) mass is 218 g/mol. The van der Waals surface area contributed by atoms with E-state index in [9.17, 15) is 4.79 Å². The summed E-state index contributed by atoms with van der Waals surface area (Å²) in [6.07, 6.45) is 5.98. The molecule has 0 aromatic rings. The lowest BCUT2D eigenvalue weighted by Crippen LogP contribution is -2.40. The molecule has 3 rings (SSSR count). The van der Waals surface area contributed by atoms with Crippen LogP contribution in [-0.4, -0.2) is 5.78 Å². The maximum Gasteiger partial charge on any atom is 0.146 e. The number of hydrogen-bond acceptors (Lipinski definition) is 1. The standard InChI is InChI=1S/C15H22O/c1-9-7-11-8-14(3,4)13(16)15(11)10(2)5-6-12(9)15/h7,10-12H,5-6,8H2,1-4H3/t10-,11-,12+,15+/m1/s1. The van der Waals surface area contributed by atoms with Gasteiger partial charge in [0.25, 0.3) is 0 Å². The van der Waals surface area contributed by atoms with E-state index in [1.807, 2.05) is 0 Å². The third-order valence-electron chi connectivity index (χ3n) is 5.65. The van der Waals surface area contributed by atoms with Crippen molar-refractivity contribution in [3.63, 3.8) is 0 Å². The first-order chi connectivity index (χ1) is 7.40. The summed E-state index contributed by atoms with van der Waals surface area (Å²) >= 11 is 0.